The van der Waals surface area contributed by atoms with E-state index in [0.29, 0.717) is 5.92 Å². The van der Waals surface area contributed by atoms with Crippen LogP contribution in [0.15, 0.2) is 18.3 Å². The van der Waals surface area contributed by atoms with Crippen LogP contribution in [-0.4, -0.2) is 34.5 Å². The fourth-order valence-electron chi connectivity index (χ4n) is 2.82. The van der Waals surface area contributed by atoms with E-state index in [9.17, 15) is 0 Å². The minimum atomic E-state index is 0.578. The number of hydrogen-bond donors (Lipinski definition) is 0. The van der Waals surface area contributed by atoms with Crippen LogP contribution in [0.5, 0.6) is 0 Å². The van der Waals surface area contributed by atoms with E-state index in [0.717, 1.165) is 49.4 Å². The van der Waals surface area contributed by atoms with Gasteiger partial charge in [0, 0.05) is 38.2 Å². The van der Waals surface area contributed by atoms with Crippen LogP contribution in [0.3, 0.4) is 0 Å². The molecule has 6 heteroatoms. The summed E-state index contributed by atoms with van der Waals surface area (Å²) in [6.07, 6.45) is 3.26. The van der Waals surface area contributed by atoms with Crippen molar-refractivity contribution < 1.29 is 4.74 Å². The predicted octanol–water partition coefficient (Wildman–Crippen LogP) is 2.71. The van der Waals surface area contributed by atoms with Crippen LogP contribution in [0.25, 0.3) is 0 Å². The first-order chi connectivity index (χ1) is 10.3. The van der Waals surface area contributed by atoms with Gasteiger partial charge in [-0.25, -0.2) is 0 Å². The van der Waals surface area contributed by atoms with Crippen LogP contribution in [0, 0.1) is 12.8 Å². The summed E-state index contributed by atoms with van der Waals surface area (Å²) in [6, 6.07) is 4.33. The molecule has 0 aliphatic carbocycles. The van der Waals surface area contributed by atoms with Gasteiger partial charge in [-0.15, -0.1) is 10.2 Å². The maximum Gasteiger partial charge on any atom is 0.208 e. The zero-order valence-corrected chi connectivity index (χ0v) is 13.5. The molecule has 0 saturated heterocycles. The number of aromatic nitrogens is 3. The molecule has 1 aliphatic rings. The highest BCUT2D eigenvalue weighted by Gasteiger charge is 2.23. The molecule has 1 atom stereocenters. The van der Waals surface area contributed by atoms with Crippen LogP contribution in [-0.2, 0) is 17.8 Å². The highest BCUT2D eigenvalue weighted by molar-refractivity contribution is 7.15. The monoisotopic (exact) mass is 306 g/mol. The lowest BCUT2D eigenvalue weighted by atomic mass is 10.1. The topological polar surface area (TPSA) is 43.2 Å². The van der Waals surface area contributed by atoms with Gasteiger partial charge in [0.2, 0.25) is 5.13 Å². The second kappa shape index (κ2) is 6.58. The molecule has 0 aromatic carbocycles. The molecular weight excluding hydrogens is 284 g/mol. The molecular formula is C15H22N4OS. The normalized spacial score (nSPS) is 18.6. The van der Waals surface area contributed by atoms with E-state index in [2.05, 4.69) is 38.0 Å². The Morgan fingerprint density at radius 3 is 3.05 bits per heavy atom. The van der Waals surface area contributed by atoms with E-state index < -0.39 is 0 Å². The first-order valence-corrected chi connectivity index (χ1v) is 8.34. The van der Waals surface area contributed by atoms with E-state index >= 15 is 0 Å². The fourth-order valence-corrected chi connectivity index (χ4v) is 3.51. The summed E-state index contributed by atoms with van der Waals surface area (Å²) in [4.78, 5) is 2.36. The van der Waals surface area contributed by atoms with Crippen molar-refractivity contribution in [2.24, 2.45) is 5.92 Å². The molecule has 0 saturated carbocycles. The molecule has 1 unspecified atom stereocenters. The number of anilines is 1. The molecule has 2 aromatic rings. The van der Waals surface area contributed by atoms with Crippen molar-refractivity contribution in [3.8, 4) is 0 Å². The van der Waals surface area contributed by atoms with Crippen LogP contribution >= 0.6 is 11.3 Å². The van der Waals surface area contributed by atoms with Gasteiger partial charge >= 0.3 is 0 Å². The first kappa shape index (κ1) is 14.5. The van der Waals surface area contributed by atoms with Gasteiger partial charge in [0.15, 0.2) is 0 Å². The maximum atomic E-state index is 5.54. The van der Waals surface area contributed by atoms with Gasteiger partial charge in [-0.05, 0) is 38.3 Å². The highest BCUT2D eigenvalue weighted by atomic mass is 32.1. The van der Waals surface area contributed by atoms with E-state index in [1.165, 1.54) is 5.69 Å². The summed E-state index contributed by atoms with van der Waals surface area (Å²) in [5.74, 6) is 0.578. The van der Waals surface area contributed by atoms with Gasteiger partial charge in [-0.3, -0.25) is 0 Å². The predicted molar refractivity (Wildman–Crippen MR) is 84.7 cm³/mol. The summed E-state index contributed by atoms with van der Waals surface area (Å²) in [5.41, 5.74) is 1.35. The third-order valence-electron chi connectivity index (χ3n) is 3.87. The molecule has 0 bridgehead atoms. The SMILES string of the molecule is CCOCCC1CN(c2nnc(C)s2)Cc2cccn2C1. The van der Waals surface area contributed by atoms with E-state index in [1.54, 1.807) is 11.3 Å². The zero-order valence-electron chi connectivity index (χ0n) is 12.7. The third-order valence-corrected chi connectivity index (χ3v) is 4.77. The number of rotatable bonds is 5. The summed E-state index contributed by atoms with van der Waals surface area (Å²) in [5, 5.41) is 10.5. The van der Waals surface area contributed by atoms with E-state index in [1.807, 2.05) is 13.8 Å². The lowest BCUT2D eigenvalue weighted by Gasteiger charge is -2.23. The summed E-state index contributed by atoms with van der Waals surface area (Å²) >= 11 is 1.67. The molecule has 3 rings (SSSR count). The zero-order chi connectivity index (χ0) is 14.7. The minimum absolute atomic E-state index is 0.578. The van der Waals surface area contributed by atoms with Crippen LogP contribution in [0.4, 0.5) is 5.13 Å². The van der Waals surface area contributed by atoms with Gasteiger partial charge in [-0.1, -0.05) is 11.3 Å². The first-order valence-electron chi connectivity index (χ1n) is 7.53. The highest BCUT2D eigenvalue weighted by Crippen LogP contribution is 2.27. The second-order valence-corrected chi connectivity index (χ2v) is 6.65. The Bertz CT molecular complexity index is 580. The van der Waals surface area contributed by atoms with E-state index in [-0.39, 0.29) is 0 Å². The molecule has 0 fully saturated rings. The number of hydrogen-bond acceptors (Lipinski definition) is 5. The second-order valence-electron chi connectivity index (χ2n) is 5.49. The summed E-state index contributed by atoms with van der Waals surface area (Å²) < 4.78 is 7.90. The molecule has 21 heavy (non-hydrogen) atoms. The Morgan fingerprint density at radius 2 is 2.29 bits per heavy atom. The third kappa shape index (κ3) is 3.44. The molecule has 0 N–H and O–H groups in total. The van der Waals surface area contributed by atoms with Crippen molar-refractivity contribution in [1.29, 1.82) is 0 Å². The molecule has 1 aliphatic heterocycles. The van der Waals surface area contributed by atoms with Crippen molar-refractivity contribution in [3.05, 3.63) is 29.0 Å². The van der Waals surface area contributed by atoms with Crippen molar-refractivity contribution in [3.63, 3.8) is 0 Å². The number of ether oxygens (including phenoxy) is 1. The van der Waals surface area contributed by atoms with Crippen LogP contribution in [0.2, 0.25) is 0 Å². The quantitative estimate of drug-likeness (QED) is 0.797. The Labute approximate surface area is 129 Å². The van der Waals surface area contributed by atoms with Crippen molar-refractivity contribution >= 4 is 16.5 Å². The van der Waals surface area contributed by atoms with Crippen molar-refractivity contribution in [2.45, 2.75) is 33.4 Å². The maximum absolute atomic E-state index is 5.54. The summed E-state index contributed by atoms with van der Waals surface area (Å²) in [7, 11) is 0. The summed E-state index contributed by atoms with van der Waals surface area (Å²) in [6.45, 7) is 8.67. The smallest absolute Gasteiger partial charge is 0.208 e. The van der Waals surface area contributed by atoms with Gasteiger partial charge in [0.1, 0.15) is 5.01 Å². The molecule has 2 aromatic heterocycles. The fraction of sp³-hybridized carbons (Fsp3) is 0.600. The number of aryl methyl sites for hydroxylation is 1. The lowest BCUT2D eigenvalue weighted by Crippen LogP contribution is -2.28. The largest absolute Gasteiger partial charge is 0.382 e. The molecule has 0 amide bonds. The van der Waals surface area contributed by atoms with Gasteiger partial charge in [-0.2, -0.15) is 0 Å². The number of nitrogens with zero attached hydrogens (tertiary/aromatic N) is 4. The Kier molecular flexibility index (Phi) is 4.55. The van der Waals surface area contributed by atoms with Crippen LogP contribution < -0.4 is 4.90 Å². The standard InChI is InChI=1S/C15H22N4OS/c1-3-20-8-6-13-9-18-7-4-5-14(18)11-19(10-13)15-17-16-12(2)21-15/h4-5,7,13H,3,6,8-11H2,1-2H3. The molecule has 0 radical (unpaired) electrons. The lowest BCUT2D eigenvalue weighted by molar-refractivity contribution is 0.130. The molecule has 114 valence electrons. The van der Waals surface area contributed by atoms with Gasteiger partial charge < -0.3 is 14.2 Å². The van der Waals surface area contributed by atoms with Gasteiger partial charge in [0.25, 0.3) is 0 Å². The van der Waals surface area contributed by atoms with Crippen molar-refractivity contribution in [1.82, 2.24) is 14.8 Å². The average Bonchev–Trinajstić information content (AvgIpc) is 3.04. The molecule has 5 nitrogen and oxygen atoms in total. The Balaban J connectivity index is 1.77. The van der Waals surface area contributed by atoms with Crippen molar-refractivity contribution in [2.75, 3.05) is 24.7 Å². The Morgan fingerprint density at radius 1 is 1.38 bits per heavy atom. The van der Waals surface area contributed by atoms with Crippen LogP contribution in [0.1, 0.15) is 24.0 Å². The number of fused-ring (bicyclic) bond motifs is 1. The Hall–Kier alpha value is -1.40. The van der Waals surface area contributed by atoms with Gasteiger partial charge in [0.05, 0.1) is 6.54 Å². The minimum Gasteiger partial charge on any atom is -0.382 e. The average molecular weight is 306 g/mol. The molecule has 3 heterocycles. The molecule has 0 spiro atoms. The van der Waals surface area contributed by atoms with E-state index in [4.69, 9.17) is 4.74 Å².